The van der Waals surface area contributed by atoms with Gasteiger partial charge >= 0.3 is 5.97 Å². The van der Waals surface area contributed by atoms with Crippen LogP contribution in [0.1, 0.15) is 68.7 Å². The van der Waals surface area contributed by atoms with Crippen LogP contribution in [0.25, 0.3) is 11.1 Å². The number of rotatable bonds is 11. The summed E-state index contributed by atoms with van der Waals surface area (Å²) in [5.74, 6) is 0.604. The Hall–Kier alpha value is -3.38. The Morgan fingerprint density at radius 2 is 1.76 bits per heavy atom. The molecule has 5 nitrogen and oxygen atoms in total. The van der Waals surface area contributed by atoms with Gasteiger partial charge in [-0.05, 0) is 88.7 Å². The average molecular weight is 521 g/mol. The zero-order valence-electron chi connectivity index (χ0n) is 22.8. The van der Waals surface area contributed by atoms with Gasteiger partial charge in [0.25, 0.3) is 0 Å². The molecule has 1 aliphatic carbocycles. The average Bonchev–Trinajstić information content (AvgIpc) is 3.72. The number of methoxy groups -OCH3 is 2. The second-order valence-electron chi connectivity index (χ2n) is 11.2. The van der Waals surface area contributed by atoms with Crippen LogP contribution < -0.4 is 9.47 Å². The van der Waals surface area contributed by atoms with E-state index in [1.54, 1.807) is 26.4 Å². The lowest BCUT2D eigenvalue weighted by atomic mass is 9.81. The Kier molecular flexibility index (Phi) is 8.41. The van der Waals surface area contributed by atoms with Crippen LogP contribution in [0.15, 0.2) is 60.7 Å². The fourth-order valence-corrected chi connectivity index (χ4v) is 5.19. The maximum absolute atomic E-state index is 15.0. The summed E-state index contributed by atoms with van der Waals surface area (Å²) in [5, 5.41) is 9.37. The Morgan fingerprint density at radius 3 is 2.39 bits per heavy atom. The standard InChI is InChI=1S/C32H37FO5/c1-32(2,3)31(37-5)28-15-20(9-13-25(28)27-17-23(36-4)12-14-29(27)33)19-38-24-8-6-7-22(16-24)26(18-30(34)35)21-10-11-21/h6-9,12-17,21,26,31H,10-11,18-19H2,1-5H3,(H,34,35)/t26-,31+/m1/s1. The van der Waals surface area contributed by atoms with Crippen LogP contribution in [0.3, 0.4) is 0 Å². The molecule has 0 heterocycles. The van der Waals surface area contributed by atoms with E-state index in [-0.39, 0.29) is 29.7 Å². The van der Waals surface area contributed by atoms with Gasteiger partial charge in [-0.15, -0.1) is 0 Å². The summed E-state index contributed by atoms with van der Waals surface area (Å²) in [6.07, 6.45) is 1.98. The minimum absolute atomic E-state index is 0.00828. The van der Waals surface area contributed by atoms with E-state index in [1.165, 1.54) is 6.07 Å². The molecule has 0 bridgehead atoms. The predicted molar refractivity (Wildman–Crippen MR) is 146 cm³/mol. The molecule has 4 rings (SSSR count). The number of hydrogen-bond donors (Lipinski definition) is 1. The van der Waals surface area contributed by atoms with Crippen molar-refractivity contribution < 1.29 is 28.5 Å². The summed E-state index contributed by atoms with van der Waals surface area (Å²) in [6.45, 7) is 6.59. The molecule has 0 aliphatic heterocycles. The van der Waals surface area contributed by atoms with E-state index in [1.807, 2.05) is 42.5 Å². The van der Waals surface area contributed by atoms with Crippen LogP contribution >= 0.6 is 0 Å². The van der Waals surface area contributed by atoms with Crippen molar-refractivity contribution in [3.63, 3.8) is 0 Å². The highest BCUT2D eigenvalue weighted by Crippen LogP contribution is 2.45. The largest absolute Gasteiger partial charge is 0.497 e. The number of hydrogen-bond acceptors (Lipinski definition) is 4. The first-order valence-corrected chi connectivity index (χ1v) is 13.0. The van der Waals surface area contributed by atoms with E-state index >= 15 is 0 Å². The molecule has 202 valence electrons. The first kappa shape index (κ1) is 27.6. The van der Waals surface area contributed by atoms with E-state index in [2.05, 4.69) is 20.8 Å². The number of aliphatic carboxylic acids is 1. The number of carboxylic acid groups (broad SMARTS) is 1. The van der Waals surface area contributed by atoms with Crippen molar-refractivity contribution in [1.82, 2.24) is 0 Å². The second kappa shape index (κ2) is 11.6. The monoisotopic (exact) mass is 520 g/mol. The Labute approximate surface area is 224 Å². The van der Waals surface area contributed by atoms with Crippen molar-refractivity contribution in [1.29, 1.82) is 0 Å². The van der Waals surface area contributed by atoms with E-state index in [4.69, 9.17) is 14.2 Å². The zero-order valence-corrected chi connectivity index (χ0v) is 22.8. The smallest absolute Gasteiger partial charge is 0.303 e. The van der Waals surface area contributed by atoms with Gasteiger partial charge in [-0.25, -0.2) is 4.39 Å². The van der Waals surface area contributed by atoms with Crippen LogP contribution in [0.4, 0.5) is 4.39 Å². The Morgan fingerprint density at radius 1 is 1.00 bits per heavy atom. The molecule has 1 aliphatic rings. The maximum Gasteiger partial charge on any atom is 0.303 e. The van der Waals surface area contributed by atoms with Gasteiger partial charge in [-0.3, -0.25) is 4.79 Å². The van der Waals surface area contributed by atoms with Crippen LogP contribution in [0.5, 0.6) is 11.5 Å². The third-order valence-electron chi connectivity index (χ3n) is 7.16. The van der Waals surface area contributed by atoms with Gasteiger partial charge in [-0.2, -0.15) is 0 Å². The van der Waals surface area contributed by atoms with E-state index in [9.17, 15) is 14.3 Å². The van der Waals surface area contributed by atoms with Gasteiger partial charge in [-0.1, -0.05) is 45.0 Å². The van der Waals surface area contributed by atoms with Crippen molar-refractivity contribution in [2.75, 3.05) is 14.2 Å². The Balaban J connectivity index is 1.64. The lowest BCUT2D eigenvalue weighted by Gasteiger charge is -2.32. The Bertz CT molecular complexity index is 1280. The molecule has 1 saturated carbocycles. The van der Waals surface area contributed by atoms with Crippen LogP contribution in [0, 0.1) is 17.2 Å². The highest BCUT2D eigenvalue weighted by molar-refractivity contribution is 5.71. The molecule has 1 fully saturated rings. The van der Waals surface area contributed by atoms with Gasteiger partial charge in [0.05, 0.1) is 19.6 Å². The minimum Gasteiger partial charge on any atom is -0.497 e. The molecule has 0 aromatic heterocycles. The van der Waals surface area contributed by atoms with Gasteiger partial charge in [0.15, 0.2) is 0 Å². The molecule has 2 atom stereocenters. The number of benzene rings is 3. The van der Waals surface area contributed by atoms with Crippen LogP contribution in [0.2, 0.25) is 0 Å². The fourth-order valence-electron chi connectivity index (χ4n) is 5.19. The molecule has 0 saturated heterocycles. The zero-order chi connectivity index (χ0) is 27.4. The number of carbonyl (C=O) groups is 1. The molecular weight excluding hydrogens is 483 g/mol. The predicted octanol–water partition coefficient (Wildman–Crippen LogP) is 7.78. The van der Waals surface area contributed by atoms with Crippen molar-refractivity contribution in [2.45, 2.75) is 58.7 Å². The molecule has 6 heteroatoms. The third-order valence-corrected chi connectivity index (χ3v) is 7.16. The van der Waals surface area contributed by atoms with Crippen molar-refractivity contribution >= 4 is 5.97 Å². The SMILES string of the molecule is COc1ccc(F)c(-c2ccc(COc3cccc([C@H](CC(=O)O)C4CC4)c3)cc2[C@H](OC)C(C)(C)C)c1. The molecular formula is C32H37FO5. The van der Waals surface area contributed by atoms with Crippen molar-refractivity contribution in [3.05, 3.63) is 83.2 Å². The molecule has 0 radical (unpaired) electrons. The summed E-state index contributed by atoms with van der Waals surface area (Å²) in [4.78, 5) is 11.4. The molecule has 1 N–H and O–H groups in total. The maximum atomic E-state index is 15.0. The fraction of sp³-hybridized carbons (Fsp3) is 0.406. The quantitative estimate of drug-likeness (QED) is 0.280. The van der Waals surface area contributed by atoms with Gasteiger partial charge < -0.3 is 19.3 Å². The number of halogens is 1. The molecule has 0 spiro atoms. The molecule has 0 unspecified atom stereocenters. The van der Waals surface area contributed by atoms with Gasteiger partial charge in [0, 0.05) is 12.7 Å². The molecule has 0 amide bonds. The van der Waals surface area contributed by atoms with Gasteiger partial charge in [0.1, 0.15) is 23.9 Å². The normalized spacial score (nSPS) is 15.1. The molecule has 3 aromatic carbocycles. The first-order chi connectivity index (χ1) is 18.1. The summed E-state index contributed by atoms with van der Waals surface area (Å²) in [7, 11) is 3.23. The summed E-state index contributed by atoms with van der Waals surface area (Å²) < 4.78 is 32.4. The third kappa shape index (κ3) is 6.54. The van der Waals surface area contributed by atoms with Crippen LogP contribution in [-0.4, -0.2) is 25.3 Å². The van der Waals surface area contributed by atoms with E-state index in [0.29, 0.717) is 29.6 Å². The topological polar surface area (TPSA) is 65.0 Å². The minimum atomic E-state index is -0.778. The first-order valence-electron chi connectivity index (χ1n) is 13.0. The van der Waals surface area contributed by atoms with E-state index < -0.39 is 5.97 Å². The second-order valence-corrected chi connectivity index (χ2v) is 11.2. The highest BCUT2D eigenvalue weighted by Gasteiger charge is 2.34. The number of carboxylic acids is 1. The summed E-state index contributed by atoms with van der Waals surface area (Å²) in [6, 6.07) is 18.4. The molecule has 3 aromatic rings. The van der Waals surface area contributed by atoms with Crippen molar-refractivity contribution in [3.8, 4) is 22.6 Å². The van der Waals surface area contributed by atoms with Gasteiger partial charge in [0.2, 0.25) is 0 Å². The van der Waals surface area contributed by atoms with Crippen LogP contribution in [-0.2, 0) is 16.1 Å². The van der Waals surface area contributed by atoms with Crippen molar-refractivity contribution in [2.24, 2.45) is 11.3 Å². The lowest BCUT2D eigenvalue weighted by molar-refractivity contribution is -0.137. The number of ether oxygens (including phenoxy) is 3. The summed E-state index contributed by atoms with van der Waals surface area (Å²) in [5.41, 5.74) is 3.76. The lowest BCUT2D eigenvalue weighted by Crippen LogP contribution is -2.21. The van der Waals surface area contributed by atoms with E-state index in [0.717, 1.165) is 35.1 Å². The summed E-state index contributed by atoms with van der Waals surface area (Å²) >= 11 is 0. The highest BCUT2D eigenvalue weighted by atomic mass is 19.1. The molecule has 38 heavy (non-hydrogen) atoms.